The lowest BCUT2D eigenvalue weighted by molar-refractivity contribution is -0.123. The van der Waals surface area contributed by atoms with Crippen LogP contribution in [-0.2, 0) is 9.59 Å². The summed E-state index contributed by atoms with van der Waals surface area (Å²) in [5.41, 5.74) is 4.32. The molecule has 0 radical (unpaired) electrons. The number of anilines is 1. The standard InChI is InChI=1S/C23H21Cl3N4O3S/c1-4-9-30-22(32)20(10-14-5-7-15(8-6-14)29(2)3)34-23(30)28-27-21(31)13-33-19-12-17(25)16(24)11-18(19)26/h4-8,10-12H,1,9,13H2,2-3H3,(H,27,31)/b20-10-,28-23+. The molecule has 178 valence electrons. The highest BCUT2D eigenvalue weighted by molar-refractivity contribution is 8.18. The number of thioether (sulfide) groups is 1. The fourth-order valence-electron chi connectivity index (χ4n) is 2.80. The summed E-state index contributed by atoms with van der Waals surface area (Å²) in [6.45, 7) is 3.56. The second kappa shape index (κ2) is 11.7. The first kappa shape index (κ1) is 26.0. The molecule has 1 aliphatic rings. The maximum absolute atomic E-state index is 12.9. The normalized spacial score (nSPS) is 15.7. The van der Waals surface area contributed by atoms with Crippen molar-refractivity contribution in [3.8, 4) is 5.75 Å². The van der Waals surface area contributed by atoms with Gasteiger partial charge >= 0.3 is 0 Å². The van der Waals surface area contributed by atoms with Gasteiger partial charge in [0.05, 0.1) is 20.0 Å². The van der Waals surface area contributed by atoms with Crippen LogP contribution in [0.1, 0.15) is 5.56 Å². The molecule has 0 bridgehead atoms. The minimum Gasteiger partial charge on any atom is -0.482 e. The predicted molar refractivity (Wildman–Crippen MR) is 141 cm³/mol. The summed E-state index contributed by atoms with van der Waals surface area (Å²) in [6.07, 6.45) is 3.36. The molecule has 11 heteroatoms. The second-order valence-electron chi connectivity index (χ2n) is 7.22. The van der Waals surface area contributed by atoms with Crippen LogP contribution in [0.4, 0.5) is 5.69 Å². The number of amidine groups is 1. The largest absolute Gasteiger partial charge is 0.482 e. The number of rotatable bonds is 8. The van der Waals surface area contributed by atoms with Gasteiger partial charge in [-0.05, 0) is 41.6 Å². The third-order valence-corrected chi connectivity index (χ3v) is 6.54. The summed E-state index contributed by atoms with van der Waals surface area (Å²) in [5, 5.41) is 5.16. The maximum Gasteiger partial charge on any atom is 0.278 e. The Labute approximate surface area is 217 Å². The number of nitrogens with zero attached hydrogens (tertiary/aromatic N) is 3. The van der Waals surface area contributed by atoms with E-state index < -0.39 is 5.91 Å². The van der Waals surface area contributed by atoms with E-state index in [1.807, 2.05) is 43.3 Å². The number of ether oxygens (including phenoxy) is 1. The van der Waals surface area contributed by atoms with Crippen LogP contribution < -0.4 is 15.1 Å². The molecule has 7 nitrogen and oxygen atoms in total. The summed E-state index contributed by atoms with van der Waals surface area (Å²) in [7, 11) is 3.91. The van der Waals surface area contributed by atoms with Crippen molar-refractivity contribution in [2.75, 3.05) is 32.1 Å². The van der Waals surface area contributed by atoms with Crippen molar-refractivity contribution in [2.24, 2.45) is 5.10 Å². The fourth-order valence-corrected chi connectivity index (χ4v) is 4.34. The molecule has 2 aromatic rings. The Morgan fingerprint density at radius 2 is 1.85 bits per heavy atom. The summed E-state index contributed by atoms with van der Waals surface area (Å²) in [4.78, 5) is 29.0. The SMILES string of the molecule is C=CCN1C(=O)/C(=C/c2ccc(N(C)C)cc2)S/C1=N/NC(=O)COc1cc(Cl)c(Cl)cc1Cl. The van der Waals surface area contributed by atoms with Crippen LogP contribution in [0.25, 0.3) is 6.08 Å². The first-order valence-corrected chi connectivity index (χ1v) is 11.9. The third-order valence-electron chi connectivity index (χ3n) is 4.52. The molecule has 34 heavy (non-hydrogen) atoms. The summed E-state index contributed by atoms with van der Waals surface area (Å²) < 4.78 is 5.40. The zero-order valence-electron chi connectivity index (χ0n) is 18.3. The minimum atomic E-state index is -0.544. The van der Waals surface area contributed by atoms with Crippen molar-refractivity contribution in [3.63, 3.8) is 0 Å². The van der Waals surface area contributed by atoms with Crippen LogP contribution in [0.3, 0.4) is 0 Å². The molecule has 2 aromatic carbocycles. The minimum absolute atomic E-state index is 0.211. The van der Waals surface area contributed by atoms with Crippen molar-refractivity contribution >= 4 is 75.3 Å². The highest BCUT2D eigenvalue weighted by Gasteiger charge is 2.33. The maximum atomic E-state index is 12.9. The highest BCUT2D eigenvalue weighted by atomic mass is 35.5. The fraction of sp³-hybridized carbons (Fsp3) is 0.174. The van der Waals surface area contributed by atoms with Crippen LogP contribution in [-0.4, -0.2) is 49.1 Å². The van der Waals surface area contributed by atoms with Gasteiger partial charge in [-0.15, -0.1) is 11.7 Å². The van der Waals surface area contributed by atoms with E-state index in [-0.39, 0.29) is 39.9 Å². The van der Waals surface area contributed by atoms with Crippen LogP contribution in [0, 0.1) is 0 Å². The molecular formula is C23H21Cl3N4O3S. The van der Waals surface area contributed by atoms with Crippen LogP contribution in [0.2, 0.25) is 15.1 Å². The van der Waals surface area contributed by atoms with E-state index in [0.717, 1.165) is 23.0 Å². The molecule has 3 rings (SSSR count). The van der Waals surface area contributed by atoms with Crippen LogP contribution in [0.15, 0.2) is 59.1 Å². The molecule has 0 saturated carbocycles. The molecule has 0 unspecified atom stereocenters. The Kier molecular flexibility index (Phi) is 8.90. The van der Waals surface area contributed by atoms with Gasteiger partial charge < -0.3 is 9.64 Å². The zero-order valence-corrected chi connectivity index (χ0v) is 21.4. The van der Waals surface area contributed by atoms with E-state index in [1.54, 1.807) is 12.2 Å². The van der Waals surface area contributed by atoms with Gasteiger partial charge in [-0.1, -0.05) is 53.0 Å². The average molecular weight is 540 g/mol. The number of benzene rings is 2. The lowest BCUT2D eigenvalue weighted by Crippen LogP contribution is -2.32. The number of carbonyl (C=O) groups is 2. The Balaban J connectivity index is 1.69. The Hall–Kier alpha value is -2.65. The molecule has 0 aromatic heterocycles. The van der Waals surface area contributed by atoms with Gasteiger partial charge in [-0.2, -0.15) is 0 Å². The number of hydrazone groups is 1. The lowest BCUT2D eigenvalue weighted by Gasteiger charge is -2.13. The monoisotopic (exact) mass is 538 g/mol. The first-order valence-electron chi connectivity index (χ1n) is 9.93. The van der Waals surface area contributed by atoms with Gasteiger partial charge in [-0.3, -0.25) is 14.5 Å². The number of hydrogen-bond acceptors (Lipinski definition) is 6. The lowest BCUT2D eigenvalue weighted by atomic mass is 10.2. The third kappa shape index (κ3) is 6.48. The Morgan fingerprint density at radius 1 is 1.18 bits per heavy atom. The number of nitrogens with one attached hydrogen (secondary N) is 1. The van der Waals surface area contributed by atoms with Crippen molar-refractivity contribution in [1.29, 1.82) is 0 Å². The molecule has 1 saturated heterocycles. The number of hydrogen-bond donors (Lipinski definition) is 1. The van der Waals surface area contributed by atoms with Crippen LogP contribution in [0.5, 0.6) is 5.75 Å². The van der Waals surface area contributed by atoms with E-state index in [9.17, 15) is 9.59 Å². The molecule has 2 amide bonds. The predicted octanol–water partition coefficient (Wildman–Crippen LogP) is 5.28. The molecule has 1 aliphatic heterocycles. The molecule has 1 N–H and O–H groups in total. The molecule has 0 aliphatic carbocycles. The average Bonchev–Trinajstić information content (AvgIpc) is 3.09. The summed E-state index contributed by atoms with van der Waals surface area (Å²) in [6, 6.07) is 10.6. The highest BCUT2D eigenvalue weighted by Crippen LogP contribution is 2.34. The van der Waals surface area contributed by atoms with Crippen molar-refractivity contribution in [2.45, 2.75) is 0 Å². The van der Waals surface area contributed by atoms with E-state index >= 15 is 0 Å². The Morgan fingerprint density at radius 3 is 2.50 bits per heavy atom. The van der Waals surface area contributed by atoms with Crippen molar-refractivity contribution in [3.05, 3.63) is 74.6 Å². The second-order valence-corrected chi connectivity index (χ2v) is 9.45. The first-order chi connectivity index (χ1) is 16.2. The van der Waals surface area contributed by atoms with Gasteiger partial charge in [0, 0.05) is 32.4 Å². The summed E-state index contributed by atoms with van der Waals surface area (Å²) >= 11 is 19.0. The van der Waals surface area contributed by atoms with Crippen LogP contribution >= 0.6 is 46.6 Å². The molecule has 1 fully saturated rings. The Bertz CT molecular complexity index is 1170. The van der Waals surface area contributed by atoms with Gasteiger partial charge in [-0.25, -0.2) is 5.43 Å². The smallest absolute Gasteiger partial charge is 0.278 e. The van der Waals surface area contributed by atoms with E-state index in [2.05, 4.69) is 17.1 Å². The number of amides is 2. The molecule has 0 atom stereocenters. The van der Waals surface area contributed by atoms with Gasteiger partial charge in [0.15, 0.2) is 11.8 Å². The van der Waals surface area contributed by atoms with E-state index in [0.29, 0.717) is 10.1 Å². The van der Waals surface area contributed by atoms with Gasteiger partial charge in [0.2, 0.25) is 0 Å². The quantitative estimate of drug-likeness (QED) is 0.214. The molecular weight excluding hydrogens is 519 g/mol. The number of carbonyl (C=O) groups excluding carboxylic acids is 2. The van der Waals surface area contributed by atoms with E-state index in [1.165, 1.54) is 17.0 Å². The van der Waals surface area contributed by atoms with Crippen molar-refractivity contribution < 1.29 is 14.3 Å². The van der Waals surface area contributed by atoms with Crippen molar-refractivity contribution in [1.82, 2.24) is 10.3 Å². The number of halogens is 3. The van der Waals surface area contributed by atoms with Gasteiger partial charge in [0.25, 0.3) is 11.8 Å². The summed E-state index contributed by atoms with van der Waals surface area (Å²) in [5.74, 6) is -0.561. The topological polar surface area (TPSA) is 74.2 Å². The van der Waals surface area contributed by atoms with Gasteiger partial charge in [0.1, 0.15) is 5.75 Å². The zero-order chi connectivity index (χ0) is 24.8. The van der Waals surface area contributed by atoms with E-state index in [4.69, 9.17) is 39.5 Å². The molecule has 0 spiro atoms. The molecule has 1 heterocycles.